The summed E-state index contributed by atoms with van der Waals surface area (Å²) in [5.74, 6) is -1.91. The molecule has 1 aromatic heterocycles. The van der Waals surface area contributed by atoms with Crippen molar-refractivity contribution in [1.29, 1.82) is 5.26 Å². The van der Waals surface area contributed by atoms with Gasteiger partial charge in [0, 0.05) is 28.1 Å². The second kappa shape index (κ2) is 9.07. The van der Waals surface area contributed by atoms with Crippen molar-refractivity contribution in [2.75, 3.05) is 6.54 Å². The Balaban J connectivity index is 1.64. The molecule has 0 spiro atoms. The number of amides is 1. The number of nitrogens with one attached hydrogen (secondary N) is 1. The molecule has 0 aliphatic carbocycles. The lowest BCUT2D eigenvalue weighted by molar-refractivity contribution is 0.0954. The zero-order valence-corrected chi connectivity index (χ0v) is 17.3. The van der Waals surface area contributed by atoms with Gasteiger partial charge in [-0.1, -0.05) is 36.4 Å². The zero-order chi connectivity index (χ0) is 21.8. The van der Waals surface area contributed by atoms with Crippen LogP contribution >= 0.6 is 11.3 Å². The summed E-state index contributed by atoms with van der Waals surface area (Å²) in [6, 6.07) is 21.4. The molecule has 1 N–H and O–H groups in total. The topological polar surface area (TPSA) is 52.9 Å². The SMILES string of the molecule is N#CCCNC(=O)c1cccc(-c2cccc3cc(Cc4ccc(F)c(F)c4)sc23)c1. The number of rotatable bonds is 6. The van der Waals surface area contributed by atoms with E-state index in [-0.39, 0.29) is 12.3 Å². The predicted octanol–water partition coefficient (Wildman–Crippen LogP) is 6.08. The van der Waals surface area contributed by atoms with Crippen LogP contribution in [-0.4, -0.2) is 12.5 Å². The highest BCUT2D eigenvalue weighted by Crippen LogP contribution is 2.36. The Bertz CT molecular complexity index is 1310. The zero-order valence-electron chi connectivity index (χ0n) is 16.5. The molecule has 1 amide bonds. The molecule has 3 nitrogen and oxygen atoms in total. The van der Waals surface area contributed by atoms with Gasteiger partial charge in [-0.25, -0.2) is 8.78 Å². The van der Waals surface area contributed by atoms with Crippen molar-refractivity contribution >= 4 is 27.3 Å². The largest absolute Gasteiger partial charge is 0.351 e. The lowest BCUT2D eigenvalue weighted by Crippen LogP contribution is -2.24. The molecule has 0 saturated carbocycles. The summed E-state index contributed by atoms with van der Waals surface area (Å²) in [4.78, 5) is 13.4. The van der Waals surface area contributed by atoms with Crippen LogP contribution in [0.3, 0.4) is 0 Å². The summed E-state index contributed by atoms with van der Waals surface area (Å²) >= 11 is 1.60. The Morgan fingerprint density at radius 3 is 2.65 bits per heavy atom. The maximum Gasteiger partial charge on any atom is 0.251 e. The highest BCUT2D eigenvalue weighted by atomic mass is 32.1. The second-order valence-corrected chi connectivity index (χ2v) is 8.24. The summed E-state index contributed by atoms with van der Waals surface area (Å²) in [7, 11) is 0. The van der Waals surface area contributed by atoms with Crippen LogP contribution in [0.15, 0.2) is 66.7 Å². The van der Waals surface area contributed by atoms with Crippen molar-refractivity contribution in [3.8, 4) is 17.2 Å². The number of halogens is 2. The molecule has 0 radical (unpaired) electrons. The van der Waals surface area contributed by atoms with E-state index in [1.54, 1.807) is 23.5 Å². The van der Waals surface area contributed by atoms with Crippen LogP contribution in [0.5, 0.6) is 0 Å². The lowest BCUT2D eigenvalue weighted by Gasteiger charge is -2.07. The summed E-state index contributed by atoms with van der Waals surface area (Å²) in [5.41, 5.74) is 3.17. The normalized spacial score (nSPS) is 10.7. The molecule has 0 saturated heterocycles. The molecule has 0 aliphatic rings. The van der Waals surface area contributed by atoms with Crippen LogP contribution < -0.4 is 5.32 Å². The quantitative estimate of drug-likeness (QED) is 0.375. The van der Waals surface area contributed by atoms with E-state index >= 15 is 0 Å². The Kier molecular flexibility index (Phi) is 6.06. The Hall–Kier alpha value is -3.56. The van der Waals surface area contributed by atoms with Gasteiger partial charge < -0.3 is 5.32 Å². The average molecular weight is 432 g/mol. The maximum atomic E-state index is 13.6. The Labute approximate surface area is 182 Å². The van der Waals surface area contributed by atoms with Crippen molar-refractivity contribution in [2.24, 2.45) is 0 Å². The first-order valence-electron chi connectivity index (χ1n) is 9.76. The number of carbonyl (C=O) groups is 1. The van der Waals surface area contributed by atoms with Gasteiger partial charge in [-0.05, 0) is 52.4 Å². The van der Waals surface area contributed by atoms with Crippen LogP contribution in [0.4, 0.5) is 8.78 Å². The van der Waals surface area contributed by atoms with Crippen molar-refractivity contribution in [3.05, 3.63) is 94.4 Å². The Morgan fingerprint density at radius 2 is 1.84 bits per heavy atom. The van der Waals surface area contributed by atoms with E-state index in [2.05, 4.69) is 11.4 Å². The monoisotopic (exact) mass is 432 g/mol. The van der Waals surface area contributed by atoms with Gasteiger partial charge in [0.1, 0.15) is 0 Å². The van der Waals surface area contributed by atoms with Gasteiger partial charge in [0.2, 0.25) is 0 Å². The van der Waals surface area contributed by atoms with Gasteiger partial charge in [0.25, 0.3) is 5.91 Å². The molecule has 0 bridgehead atoms. The number of benzene rings is 3. The summed E-state index contributed by atoms with van der Waals surface area (Å²) in [5, 5.41) is 12.4. The molecule has 0 aliphatic heterocycles. The second-order valence-electron chi connectivity index (χ2n) is 7.11. The average Bonchev–Trinajstić information content (AvgIpc) is 3.19. The smallest absolute Gasteiger partial charge is 0.251 e. The molecule has 4 rings (SSSR count). The Morgan fingerprint density at radius 1 is 1.00 bits per heavy atom. The van der Waals surface area contributed by atoms with E-state index in [0.717, 1.165) is 32.2 Å². The van der Waals surface area contributed by atoms with Crippen molar-refractivity contribution in [2.45, 2.75) is 12.8 Å². The number of fused-ring (bicyclic) bond motifs is 1. The summed E-state index contributed by atoms with van der Waals surface area (Å²) in [6.07, 6.45) is 0.776. The van der Waals surface area contributed by atoms with Crippen LogP contribution in [0.25, 0.3) is 21.2 Å². The maximum absolute atomic E-state index is 13.6. The first-order valence-corrected chi connectivity index (χ1v) is 10.6. The fourth-order valence-electron chi connectivity index (χ4n) is 3.44. The van der Waals surface area contributed by atoms with E-state index in [9.17, 15) is 13.6 Å². The van der Waals surface area contributed by atoms with Crippen molar-refractivity contribution < 1.29 is 13.6 Å². The minimum atomic E-state index is -0.848. The highest BCUT2D eigenvalue weighted by Gasteiger charge is 2.12. The number of hydrogen-bond donors (Lipinski definition) is 1. The van der Waals surface area contributed by atoms with Gasteiger partial charge in [0.15, 0.2) is 11.6 Å². The third-order valence-corrected chi connectivity index (χ3v) is 6.10. The molecule has 4 aromatic rings. The van der Waals surface area contributed by atoms with E-state index in [1.165, 1.54) is 6.07 Å². The minimum absolute atomic E-state index is 0.213. The van der Waals surface area contributed by atoms with E-state index in [1.807, 2.05) is 42.5 Å². The van der Waals surface area contributed by atoms with Crippen molar-refractivity contribution in [1.82, 2.24) is 5.32 Å². The van der Waals surface area contributed by atoms with Gasteiger partial charge in [0.05, 0.1) is 12.5 Å². The van der Waals surface area contributed by atoms with E-state index < -0.39 is 11.6 Å². The van der Waals surface area contributed by atoms with E-state index in [0.29, 0.717) is 24.1 Å². The minimum Gasteiger partial charge on any atom is -0.351 e. The molecule has 31 heavy (non-hydrogen) atoms. The van der Waals surface area contributed by atoms with Crippen LogP contribution in [0.1, 0.15) is 27.2 Å². The van der Waals surface area contributed by atoms with Gasteiger partial charge in [-0.2, -0.15) is 5.26 Å². The predicted molar refractivity (Wildman–Crippen MR) is 119 cm³/mol. The molecule has 6 heteroatoms. The standard InChI is InChI=1S/C25H18F2N2OS/c26-22-9-8-16(13-23(22)27)12-20-15-18-5-2-7-21(24(18)31-20)17-4-1-6-19(14-17)25(30)29-11-3-10-28/h1-2,4-9,13-15H,3,11-12H2,(H,29,30). The van der Waals surface area contributed by atoms with Crippen LogP contribution in [-0.2, 0) is 6.42 Å². The molecule has 0 unspecified atom stereocenters. The molecule has 1 heterocycles. The third kappa shape index (κ3) is 4.62. The number of nitriles is 1. The van der Waals surface area contributed by atoms with Crippen molar-refractivity contribution in [3.63, 3.8) is 0 Å². The number of carbonyl (C=O) groups excluding carboxylic acids is 1. The fourth-order valence-corrected chi connectivity index (χ4v) is 4.67. The highest BCUT2D eigenvalue weighted by molar-refractivity contribution is 7.19. The molecule has 0 fully saturated rings. The summed E-state index contributed by atoms with van der Waals surface area (Å²) in [6.45, 7) is 0.313. The number of nitrogens with zero attached hydrogens (tertiary/aromatic N) is 1. The summed E-state index contributed by atoms with van der Waals surface area (Å²) < 4.78 is 27.8. The molecule has 0 atom stereocenters. The number of hydrogen-bond acceptors (Lipinski definition) is 3. The fraction of sp³-hybridized carbons (Fsp3) is 0.120. The number of thiophene rings is 1. The van der Waals surface area contributed by atoms with E-state index in [4.69, 9.17) is 5.26 Å². The molecular weight excluding hydrogens is 414 g/mol. The van der Waals surface area contributed by atoms with Gasteiger partial charge in [-0.15, -0.1) is 11.3 Å². The van der Waals surface area contributed by atoms with Crippen LogP contribution in [0.2, 0.25) is 0 Å². The molecule has 154 valence electrons. The van der Waals surface area contributed by atoms with Gasteiger partial charge in [-0.3, -0.25) is 4.79 Å². The molecular formula is C25H18F2N2OS. The lowest BCUT2D eigenvalue weighted by atomic mass is 10.0. The van der Waals surface area contributed by atoms with Crippen LogP contribution in [0, 0.1) is 23.0 Å². The third-order valence-electron chi connectivity index (χ3n) is 4.92. The van der Waals surface area contributed by atoms with Gasteiger partial charge >= 0.3 is 0 Å². The first-order chi connectivity index (χ1) is 15.0. The first kappa shape index (κ1) is 20.7. The molecule has 3 aromatic carbocycles.